The molecule has 5 rings (SSSR count). The van der Waals surface area contributed by atoms with Crippen LogP contribution in [0.3, 0.4) is 0 Å². The van der Waals surface area contributed by atoms with E-state index < -0.39 is 0 Å². The van der Waals surface area contributed by atoms with E-state index in [1.165, 1.54) is 11.1 Å². The molecule has 2 aromatic carbocycles. The molecule has 3 heterocycles. The van der Waals surface area contributed by atoms with E-state index in [9.17, 15) is 4.79 Å². The van der Waals surface area contributed by atoms with Gasteiger partial charge in [-0.25, -0.2) is 0 Å². The lowest BCUT2D eigenvalue weighted by atomic mass is 9.59. The number of Topliss-reactive ketones (excluding diaryl/α,β-unsaturated/α-hetero) is 1. The quantitative estimate of drug-likeness (QED) is 0.684. The standard InChI is InChI=1S/C26H33NO/c1-18(2)26(19(3)4)17-22-15-16-27(26)24(25(22)28)23(20-11-7-5-8-12-20)21-13-9-6-10-14-21/h5-14,18-19,22-24H,15-17H2,1-4H3. The second-order valence-corrected chi connectivity index (χ2v) is 9.33. The van der Waals surface area contributed by atoms with Crippen molar-refractivity contribution in [1.82, 2.24) is 4.90 Å². The summed E-state index contributed by atoms with van der Waals surface area (Å²) in [5.74, 6) is 1.81. The Kier molecular flexibility index (Phi) is 5.18. The first-order valence-corrected chi connectivity index (χ1v) is 10.9. The summed E-state index contributed by atoms with van der Waals surface area (Å²) in [5, 5.41) is 0. The minimum atomic E-state index is -0.0675. The highest BCUT2D eigenvalue weighted by molar-refractivity contribution is 5.90. The number of rotatable bonds is 5. The van der Waals surface area contributed by atoms with Crippen molar-refractivity contribution in [2.75, 3.05) is 6.54 Å². The summed E-state index contributed by atoms with van der Waals surface area (Å²) >= 11 is 0. The smallest absolute Gasteiger partial charge is 0.154 e. The third-order valence-corrected chi connectivity index (χ3v) is 7.49. The Bertz CT molecular complexity index is 763. The molecule has 3 aliphatic heterocycles. The number of carbonyl (C=O) groups excluding carboxylic acids is 1. The lowest BCUT2D eigenvalue weighted by Crippen LogP contribution is -2.71. The summed E-state index contributed by atoms with van der Waals surface area (Å²) in [6, 6.07) is 21.2. The van der Waals surface area contributed by atoms with E-state index >= 15 is 0 Å². The number of carbonyl (C=O) groups is 1. The first-order valence-electron chi connectivity index (χ1n) is 10.9. The van der Waals surface area contributed by atoms with E-state index in [-0.39, 0.29) is 23.4 Å². The number of piperidine rings is 3. The molecule has 3 atom stereocenters. The molecule has 3 fully saturated rings. The van der Waals surface area contributed by atoms with Gasteiger partial charge < -0.3 is 0 Å². The van der Waals surface area contributed by atoms with Crippen molar-refractivity contribution in [3.63, 3.8) is 0 Å². The molecule has 0 aliphatic carbocycles. The zero-order valence-corrected chi connectivity index (χ0v) is 17.6. The summed E-state index contributed by atoms with van der Waals surface area (Å²) in [7, 11) is 0. The van der Waals surface area contributed by atoms with Crippen molar-refractivity contribution in [2.24, 2.45) is 17.8 Å². The Labute approximate surface area is 170 Å². The van der Waals surface area contributed by atoms with Crippen molar-refractivity contribution in [3.05, 3.63) is 71.8 Å². The van der Waals surface area contributed by atoms with Crippen LogP contribution >= 0.6 is 0 Å². The number of hydrogen-bond donors (Lipinski definition) is 0. The number of hydrogen-bond acceptors (Lipinski definition) is 2. The largest absolute Gasteiger partial charge is 0.298 e. The highest BCUT2D eigenvalue weighted by Crippen LogP contribution is 2.52. The van der Waals surface area contributed by atoms with E-state index in [1.54, 1.807) is 0 Å². The summed E-state index contributed by atoms with van der Waals surface area (Å²) in [5.41, 5.74) is 2.60. The van der Waals surface area contributed by atoms with Gasteiger partial charge in [-0.1, -0.05) is 88.4 Å². The summed E-state index contributed by atoms with van der Waals surface area (Å²) in [6.07, 6.45) is 2.04. The molecule has 0 radical (unpaired) electrons. The fourth-order valence-electron chi connectivity index (χ4n) is 6.18. The third kappa shape index (κ3) is 2.93. The number of ketones is 1. The maximum absolute atomic E-state index is 13.7. The van der Waals surface area contributed by atoms with Gasteiger partial charge in [0, 0.05) is 23.9 Å². The van der Waals surface area contributed by atoms with Gasteiger partial charge in [0.2, 0.25) is 0 Å². The Balaban J connectivity index is 1.87. The lowest BCUT2D eigenvalue weighted by molar-refractivity contribution is -0.161. The van der Waals surface area contributed by atoms with Crippen LogP contribution < -0.4 is 0 Å². The number of nitrogens with zero attached hydrogens (tertiary/aromatic N) is 1. The van der Waals surface area contributed by atoms with E-state index in [4.69, 9.17) is 0 Å². The molecule has 3 aliphatic rings. The van der Waals surface area contributed by atoms with Gasteiger partial charge in [0.15, 0.2) is 5.78 Å². The topological polar surface area (TPSA) is 20.3 Å². The molecule has 0 saturated carbocycles. The Morgan fingerprint density at radius 3 is 1.82 bits per heavy atom. The zero-order chi connectivity index (χ0) is 19.9. The summed E-state index contributed by atoms with van der Waals surface area (Å²) < 4.78 is 0. The first kappa shape index (κ1) is 19.4. The third-order valence-electron chi connectivity index (χ3n) is 7.49. The summed E-state index contributed by atoms with van der Waals surface area (Å²) in [4.78, 5) is 16.3. The van der Waals surface area contributed by atoms with Gasteiger partial charge in [-0.15, -0.1) is 0 Å². The molecule has 3 saturated heterocycles. The van der Waals surface area contributed by atoms with Crippen LogP contribution in [0, 0.1) is 17.8 Å². The second kappa shape index (κ2) is 7.48. The highest BCUT2D eigenvalue weighted by Gasteiger charge is 2.58. The normalized spacial score (nSPS) is 26.4. The molecule has 0 spiro atoms. The molecule has 0 aromatic heterocycles. The zero-order valence-electron chi connectivity index (χ0n) is 17.6. The van der Waals surface area contributed by atoms with Gasteiger partial charge in [0.1, 0.15) is 0 Å². The van der Waals surface area contributed by atoms with E-state index in [1.807, 2.05) is 0 Å². The Morgan fingerprint density at radius 1 is 0.857 bits per heavy atom. The van der Waals surface area contributed by atoms with Crippen LogP contribution in [0.15, 0.2) is 60.7 Å². The van der Waals surface area contributed by atoms with E-state index in [2.05, 4.69) is 93.3 Å². The van der Waals surface area contributed by atoms with Crippen LogP contribution in [0.5, 0.6) is 0 Å². The van der Waals surface area contributed by atoms with E-state index in [0.717, 1.165) is 19.4 Å². The molecule has 2 bridgehead atoms. The maximum atomic E-state index is 13.7. The van der Waals surface area contributed by atoms with Gasteiger partial charge in [-0.2, -0.15) is 0 Å². The van der Waals surface area contributed by atoms with Gasteiger partial charge in [-0.05, 0) is 35.8 Å². The average Bonchev–Trinajstić information content (AvgIpc) is 2.71. The van der Waals surface area contributed by atoms with Crippen molar-refractivity contribution in [1.29, 1.82) is 0 Å². The van der Waals surface area contributed by atoms with Crippen LogP contribution in [0.1, 0.15) is 57.6 Å². The average molecular weight is 376 g/mol. The second-order valence-electron chi connectivity index (χ2n) is 9.33. The summed E-state index contributed by atoms with van der Waals surface area (Å²) in [6.45, 7) is 10.4. The van der Waals surface area contributed by atoms with Crippen molar-refractivity contribution >= 4 is 5.78 Å². The van der Waals surface area contributed by atoms with Crippen LogP contribution in [-0.2, 0) is 4.79 Å². The molecular formula is C26H33NO. The molecule has 2 nitrogen and oxygen atoms in total. The van der Waals surface area contributed by atoms with Crippen molar-refractivity contribution in [3.8, 4) is 0 Å². The Hall–Kier alpha value is -1.93. The molecule has 28 heavy (non-hydrogen) atoms. The van der Waals surface area contributed by atoms with Crippen LogP contribution in [0.25, 0.3) is 0 Å². The van der Waals surface area contributed by atoms with Gasteiger partial charge in [0.05, 0.1) is 6.04 Å². The monoisotopic (exact) mass is 375 g/mol. The lowest BCUT2D eigenvalue weighted by Gasteiger charge is -2.62. The van der Waals surface area contributed by atoms with Crippen LogP contribution in [-0.4, -0.2) is 28.8 Å². The predicted octanol–water partition coefficient (Wildman–Crippen LogP) is 5.53. The first-order chi connectivity index (χ1) is 13.5. The molecule has 148 valence electrons. The molecule has 2 aromatic rings. The van der Waals surface area contributed by atoms with Crippen molar-refractivity contribution in [2.45, 2.75) is 58.0 Å². The van der Waals surface area contributed by atoms with Gasteiger partial charge in [-0.3, -0.25) is 9.69 Å². The molecule has 3 unspecified atom stereocenters. The predicted molar refractivity (Wildman–Crippen MR) is 115 cm³/mol. The van der Waals surface area contributed by atoms with Crippen LogP contribution in [0.4, 0.5) is 0 Å². The molecular weight excluding hydrogens is 342 g/mol. The molecule has 0 amide bonds. The van der Waals surface area contributed by atoms with Gasteiger partial charge >= 0.3 is 0 Å². The molecule has 2 heteroatoms. The number of fused-ring (bicyclic) bond motifs is 3. The fourth-order valence-corrected chi connectivity index (χ4v) is 6.18. The SMILES string of the molecule is CC(C)C1(C(C)C)CC2CCN1C(C(c1ccccc1)c1ccccc1)C2=O. The Morgan fingerprint density at radius 2 is 1.36 bits per heavy atom. The minimum Gasteiger partial charge on any atom is -0.298 e. The van der Waals surface area contributed by atoms with Crippen molar-refractivity contribution < 1.29 is 4.79 Å². The highest BCUT2D eigenvalue weighted by atomic mass is 16.1. The minimum absolute atomic E-state index is 0.0675. The number of benzene rings is 2. The van der Waals surface area contributed by atoms with E-state index in [0.29, 0.717) is 17.6 Å². The molecule has 0 N–H and O–H groups in total. The fraction of sp³-hybridized carbons (Fsp3) is 0.500. The van der Waals surface area contributed by atoms with Gasteiger partial charge in [0.25, 0.3) is 0 Å². The van der Waals surface area contributed by atoms with Crippen LogP contribution in [0.2, 0.25) is 0 Å². The maximum Gasteiger partial charge on any atom is 0.154 e.